The number of aliphatic imine (C=N–C) groups is 1. The van der Waals surface area contributed by atoms with Gasteiger partial charge in [-0.2, -0.15) is 0 Å². The van der Waals surface area contributed by atoms with Crippen LogP contribution in [-0.4, -0.2) is 28.5 Å². The lowest BCUT2D eigenvalue weighted by molar-refractivity contribution is -0.385. The molecule has 0 atom stereocenters. The number of nitrogens with zero attached hydrogens (tertiary/aromatic N) is 2. The molecule has 30 heavy (non-hydrogen) atoms. The minimum absolute atomic E-state index is 0.0132. The summed E-state index contributed by atoms with van der Waals surface area (Å²) >= 11 is 11.2. The number of esters is 1. The number of carbonyl (C=O) groups is 2. The zero-order valence-electron chi connectivity index (χ0n) is 15.4. The molecule has 0 fully saturated rings. The van der Waals surface area contributed by atoms with Crippen LogP contribution in [0.2, 0.25) is 0 Å². The van der Waals surface area contributed by atoms with E-state index in [0.717, 1.165) is 0 Å². The molecule has 1 amide bonds. The number of halogens is 2. The average molecular weight is 557 g/mol. The highest BCUT2D eigenvalue weighted by molar-refractivity contribution is 9.11. The lowest BCUT2D eigenvalue weighted by Crippen LogP contribution is -2.24. The number of hydrogen-bond acceptors (Lipinski definition) is 7. The molecular formula is C19H15Br2N3O5S. The van der Waals surface area contributed by atoms with Crippen molar-refractivity contribution in [1.82, 2.24) is 5.32 Å². The van der Waals surface area contributed by atoms with E-state index >= 15 is 0 Å². The monoisotopic (exact) mass is 555 g/mol. The van der Waals surface area contributed by atoms with E-state index in [0.29, 0.717) is 27.5 Å². The molecule has 0 spiro atoms. The van der Waals surface area contributed by atoms with Crippen molar-refractivity contribution in [2.24, 2.45) is 4.99 Å². The highest BCUT2D eigenvalue weighted by Crippen LogP contribution is 2.33. The third-order valence-electron chi connectivity index (χ3n) is 3.80. The molecule has 0 aliphatic heterocycles. The van der Waals surface area contributed by atoms with Gasteiger partial charge in [-0.3, -0.25) is 19.7 Å². The molecule has 0 saturated heterocycles. The molecule has 0 bridgehead atoms. The quantitative estimate of drug-likeness (QED) is 0.0899. The molecule has 11 heteroatoms. The van der Waals surface area contributed by atoms with E-state index in [4.69, 9.17) is 4.74 Å². The van der Waals surface area contributed by atoms with Gasteiger partial charge in [-0.15, -0.1) is 0 Å². The number of para-hydroxylation sites is 1. The summed E-state index contributed by atoms with van der Waals surface area (Å²) in [5, 5.41) is 16.0. The van der Waals surface area contributed by atoms with Gasteiger partial charge in [-0.1, -0.05) is 28.1 Å². The van der Waals surface area contributed by atoms with Crippen LogP contribution in [0.5, 0.6) is 5.75 Å². The van der Waals surface area contributed by atoms with Gasteiger partial charge in [-0.25, -0.2) is 4.99 Å². The summed E-state index contributed by atoms with van der Waals surface area (Å²) < 4.78 is 6.66. The van der Waals surface area contributed by atoms with E-state index in [1.54, 1.807) is 18.2 Å². The smallest absolute Gasteiger partial charge is 0.311 e. The van der Waals surface area contributed by atoms with Crippen LogP contribution < -0.4 is 10.1 Å². The Kier molecular flexibility index (Phi) is 9.25. The summed E-state index contributed by atoms with van der Waals surface area (Å²) in [5.41, 5.74) is 0.152. The number of rotatable bonds is 9. The first-order valence-corrected chi connectivity index (χ1v) is 10.6. The van der Waals surface area contributed by atoms with Gasteiger partial charge in [0.15, 0.2) is 0 Å². The first-order chi connectivity index (χ1) is 14.3. The molecule has 0 aromatic heterocycles. The molecule has 0 radical (unpaired) electrons. The van der Waals surface area contributed by atoms with Gasteiger partial charge in [0.1, 0.15) is 11.3 Å². The average Bonchev–Trinajstić information content (AvgIpc) is 2.71. The van der Waals surface area contributed by atoms with Crippen LogP contribution in [0.1, 0.15) is 28.8 Å². The highest BCUT2D eigenvalue weighted by atomic mass is 79.9. The van der Waals surface area contributed by atoms with Gasteiger partial charge in [0.05, 0.1) is 14.6 Å². The van der Waals surface area contributed by atoms with Crippen LogP contribution >= 0.6 is 44.1 Å². The van der Waals surface area contributed by atoms with E-state index < -0.39 is 16.8 Å². The Balaban J connectivity index is 2.15. The van der Waals surface area contributed by atoms with Crippen molar-refractivity contribution in [2.45, 2.75) is 19.4 Å². The Morgan fingerprint density at radius 1 is 1.27 bits per heavy atom. The SMILES string of the molecule is O=C(CCCN=C=S)Oc1c(Br)cc(Br)cc1CNC(=O)c1ccccc1[N+](=O)[O-]. The number of hydrogen-bond donors (Lipinski definition) is 1. The fourth-order valence-corrected chi connectivity index (χ4v) is 3.95. The molecule has 2 aromatic carbocycles. The third-order valence-corrected chi connectivity index (χ3v) is 4.98. The van der Waals surface area contributed by atoms with Crippen molar-refractivity contribution in [3.63, 3.8) is 0 Å². The van der Waals surface area contributed by atoms with Crippen molar-refractivity contribution < 1.29 is 19.2 Å². The molecule has 2 rings (SSSR count). The number of amides is 1. The van der Waals surface area contributed by atoms with E-state index in [1.807, 2.05) is 0 Å². The Bertz CT molecular complexity index is 1030. The zero-order valence-corrected chi connectivity index (χ0v) is 19.4. The van der Waals surface area contributed by atoms with Crippen LogP contribution in [0.25, 0.3) is 0 Å². The number of nitrogens with one attached hydrogen (secondary N) is 1. The number of carbonyl (C=O) groups excluding carboxylic acids is 2. The zero-order chi connectivity index (χ0) is 22.1. The van der Waals surface area contributed by atoms with Crippen LogP contribution in [0.15, 0.2) is 50.3 Å². The minimum atomic E-state index is -0.619. The Labute approximate surface area is 194 Å². The standard InChI is InChI=1S/C19H15Br2N3O5S/c20-13-8-12(10-23-19(26)14-4-1-2-5-16(14)24(27)28)18(15(21)9-13)29-17(25)6-3-7-22-11-30/h1-2,4-5,8-9H,3,6-7,10H2,(H,23,26). The van der Waals surface area contributed by atoms with E-state index in [1.165, 1.54) is 18.2 Å². The second-order valence-corrected chi connectivity index (χ2v) is 7.84. The van der Waals surface area contributed by atoms with Crippen molar-refractivity contribution >= 4 is 66.8 Å². The highest BCUT2D eigenvalue weighted by Gasteiger charge is 2.20. The lowest BCUT2D eigenvalue weighted by atomic mass is 10.1. The molecule has 2 aromatic rings. The molecule has 8 nitrogen and oxygen atoms in total. The largest absolute Gasteiger partial charge is 0.425 e. The molecule has 0 aliphatic rings. The predicted octanol–water partition coefficient (Wildman–Crippen LogP) is 4.84. The van der Waals surface area contributed by atoms with Gasteiger partial charge < -0.3 is 10.1 Å². The van der Waals surface area contributed by atoms with Crippen molar-refractivity contribution in [2.75, 3.05) is 6.54 Å². The summed E-state index contributed by atoms with van der Waals surface area (Å²) in [6.45, 7) is 0.361. The number of thiocarbonyl (C=S) groups is 1. The molecule has 0 unspecified atom stereocenters. The lowest BCUT2D eigenvalue weighted by Gasteiger charge is -2.14. The second kappa shape index (κ2) is 11.7. The molecule has 0 saturated carbocycles. The molecule has 0 heterocycles. The van der Waals surface area contributed by atoms with Crippen molar-refractivity contribution in [3.05, 3.63) is 66.6 Å². The van der Waals surface area contributed by atoms with Crippen molar-refractivity contribution in [3.8, 4) is 5.75 Å². The molecule has 0 aliphatic carbocycles. The summed E-state index contributed by atoms with van der Waals surface area (Å²) in [7, 11) is 0. The van der Waals surface area contributed by atoms with E-state index in [9.17, 15) is 19.7 Å². The summed E-state index contributed by atoms with van der Waals surface area (Å²) in [6.07, 6.45) is 0.589. The second-order valence-electron chi connectivity index (χ2n) is 5.88. The van der Waals surface area contributed by atoms with Crippen LogP contribution in [-0.2, 0) is 11.3 Å². The van der Waals surface area contributed by atoms with Gasteiger partial charge in [0.2, 0.25) is 0 Å². The number of isothiocyanates is 1. The van der Waals surface area contributed by atoms with E-state index in [-0.39, 0.29) is 30.0 Å². The minimum Gasteiger partial charge on any atom is -0.425 e. The summed E-state index contributed by atoms with van der Waals surface area (Å²) in [5.74, 6) is -0.832. The van der Waals surface area contributed by atoms with Crippen molar-refractivity contribution in [1.29, 1.82) is 0 Å². The van der Waals surface area contributed by atoms with Gasteiger partial charge in [0, 0.05) is 35.6 Å². The Morgan fingerprint density at radius 3 is 2.70 bits per heavy atom. The van der Waals surface area contributed by atoms with Crippen LogP contribution in [0, 0.1) is 10.1 Å². The number of nitro groups is 1. The van der Waals surface area contributed by atoms with E-state index in [2.05, 4.69) is 59.5 Å². The Morgan fingerprint density at radius 2 is 2.00 bits per heavy atom. The third kappa shape index (κ3) is 6.81. The predicted molar refractivity (Wildman–Crippen MR) is 121 cm³/mol. The van der Waals surface area contributed by atoms with Gasteiger partial charge >= 0.3 is 5.97 Å². The molecule has 1 N–H and O–H groups in total. The normalized spacial score (nSPS) is 10.1. The fourth-order valence-electron chi connectivity index (χ4n) is 2.47. The number of benzene rings is 2. The maximum absolute atomic E-state index is 12.5. The summed E-state index contributed by atoms with van der Waals surface area (Å²) in [4.78, 5) is 38.9. The number of nitro benzene ring substituents is 1. The summed E-state index contributed by atoms with van der Waals surface area (Å²) in [6, 6.07) is 9.03. The maximum Gasteiger partial charge on any atom is 0.311 e. The molecular weight excluding hydrogens is 542 g/mol. The van der Waals surface area contributed by atoms with Gasteiger partial charge in [0.25, 0.3) is 11.6 Å². The van der Waals surface area contributed by atoms with Crippen LogP contribution in [0.4, 0.5) is 5.69 Å². The molecule has 156 valence electrons. The fraction of sp³-hybridized carbons (Fsp3) is 0.211. The van der Waals surface area contributed by atoms with Gasteiger partial charge in [-0.05, 0) is 52.8 Å². The van der Waals surface area contributed by atoms with Crippen LogP contribution in [0.3, 0.4) is 0 Å². The number of ether oxygens (including phenoxy) is 1. The first kappa shape index (κ1) is 23.8. The first-order valence-electron chi connectivity index (χ1n) is 8.57. The Hall–Kier alpha value is -2.46. The maximum atomic E-state index is 12.5. The topological polar surface area (TPSA) is 111 Å².